The molecule has 2 aliphatic rings. The van der Waals surface area contributed by atoms with E-state index in [1.807, 2.05) is 0 Å². The summed E-state index contributed by atoms with van der Waals surface area (Å²) in [6.45, 7) is 9.34. The molecule has 0 unspecified atom stereocenters. The van der Waals surface area contributed by atoms with Crippen LogP contribution in [0.1, 0.15) is 52.9 Å². The van der Waals surface area contributed by atoms with Crippen molar-refractivity contribution in [3.05, 3.63) is 17.9 Å². The summed E-state index contributed by atoms with van der Waals surface area (Å²) in [5.74, 6) is -0.358. The quantitative estimate of drug-likeness (QED) is 0.754. The Morgan fingerprint density at radius 2 is 1.79 bits per heavy atom. The van der Waals surface area contributed by atoms with Gasteiger partial charge in [0.1, 0.15) is 11.4 Å². The van der Waals surface area contributed by atoms with Gasteiger partial charge in [-0.15, -0.1) is 0 Å². The summed E-state index contributed by atoms with van der Waals surface area (Å²) in [5, 5.41) is 2.65. The Morgan fingerprint density at radius 3 is 2.39 bits per heavy atom. The van der Waals surface area contributed by atoms with Gasteiger partial charge in [-0.2, -0.15) is 0 Å². The molecule has 28 heavy (non-hydrogen) atoms. The zero-order valence-corrected chi connectivity index (χ0v) is 17.3. The van der Waals surface area contributed by atoms with E-state index in [1.165, 1.54) is 38.4 Å². The van der Waals surface area contributed by atoms with Gasteiger partial charge in [-0.05, 0) is 65.6 Å². The van der Waals surface area contributed by atoms with Crippen LogP contribution >= 0.6 is 0 Å². The third-order valence-electron chi connectivity index (χ3n) is 5.47. The first-order chi connectivity index (χ1) is 13.2. The SMILES string of the molecule is CC(C)(C)OC(=O)Nc1cc(N2CCC(N3CCCCC3)CC2)c(F)cc1N. The number of piperidine rings is 2. The van der Waals surface area contributed by atoms with Crippen LogP contribution in [0.25, 0.3) is 0 Å². The summed E-state index contributed by atoms with van der Waals surface area (Å²) < 4.78 is 19.9. The number of ether oxygens (including phenoxy) is 1. The van der Waals surface area contributed by atoms with Crippen LogP contribution in [0.15, 0.2) is 12.1 Å². The number of nitrogen functional groups attached to an aromatic ring is 1. The number of halogens is 1. The van der Waals surface area contributed by atoms with Crippen LogP contribution in [0, 0.1) is 5.82 Å². The highest BCUT2D eigenvalue weighted by Gasteiger charge is 2.27. The molecule has 1 amide bonds. The summed E-state index contributed by atoms with van der Waals surface area (Å²) >= 11 is 0. The molecule has 0 aliphatic carbocycles. The van der Waals surface area contributed by atoms with Crippen molar-refractivity contribution in [2.75, 3.05) is 42.1 Å². The second kappa shape index (κ2) is 8.55. The fourth-order valence-electron chi connectivity index (χ4n) is 4.10. The molecule has 2 heterocycles. The maximum absolute atomic E-state index is 14.6. The molecule has 0 saturated carbocycles. The Hall–Kier alpha value is -2.02. The summed E-state index contributed by atoms with van der Waals surface area (Å²) in [7, 11) is 0. The lowest BCUT2D eigenvalue weighted by molar-refractivity contribution is 0.0636. The topological polar surface area (TPSA) is 70.8 Å². The molecule has 6 nitrogen and oxygen atoms in total. The van der Waals surface area contributed by atoms with Crippen molar-refractivity contribution in [3.8, 4) is 0 Å². The van der Waals surface area contributed by atoms with Crippen LogP contribution in [-0.2, 0) is 4.74 Å². The van der Waals surface area contributed by atoms with Gasteiger partial charge < -0.3 is 20.3 Å². The summed E-state index contributed by atoms with van der Waals surface area (Å²) in [6, 6.07) is 3.49. The molecule has 1 aromatic rings. The predicted molar refractivity (Wildman–Crippen MR) is 111 cm³/mol. The number of carbonyl (C=O) groups is 1. The van der Waals surface area contributed by atoms with Crippen LogP contribution in [0.4, 0.5) is 26.2 Å². The van der Waals surface area contributed by atoms with Gasteiger partial charge in [0, 0.05) is 25.2 Å². The van der Waals surface area contributed by atoms with E-state index < -0.39 is 11.7 Å². The van der Waals surface area contributed by atoms with Crippen molar-refractivity contribution < 1.29 is 13.9 Å². The third kappa shape index (κ3) is 5.28. The number of hydrogen-bond acceptors (Lipinski definition) is 5. The molecule has 7 heteroatoms. The smallest absolute Gasteiger partial charge is 0.412 e. The van der Waals surface area contributed by atoms with Crippen LogP contribution in [0.3, 0.4) is 0 Å². The monoisotopic (exact) mass is 392 g/mol. The van der Waals surface area contributed by atoms with Gasteiger partial charge >= 0.3 is 6.09 Å². The Labute approximate surface area is 167 Å². The van der Waals surface area contributed by atoms with Crippen molar-refractivity contribution >= 4 is 23.2 Å². The maximum Gasteiger partial charge on any atom is 0.412 e. The second-order valence-corrected chi connectivity index (χ2v) is 8.83. The zero-order valence-electron chi connectivity index (χ0n) is 17.3. The molecule has 0 atom stereocenters. The summed E-state index contributed by atoms with van der Waals surface area (Å²) in [4.78, 5) is 16.7. The lowest BCUT2D eigenvalue weighted by Crippen LogP contribution is -2.47. The Morgan fingerprint density at radius 1 is 1.14 bits per heavy atom. The van der Waals surface area contributed by atoms with Gasteiger partial charge in [0.25, 0.3) is 0 Å². The molecule has 0 radical (unpaired) electrons. The van der Waals surface area contributed by atoms with Crippen molar-refractivity contribution in [2.45, 2.75) is 64.5 Å². The second-order valence-electron chi connectivity index (χ2n) is 8.83. The van der Waals surface area contributed by atoms with E-state index in [1.54, 1.807) is 26.8 Å². The van der Waals surface area contributed by atoms with Gasteiger partial charge in [0.2, 0.25) is 0 Å². The minimum atomic E-state index is -0.613. The van der Waals surface area contributed by atoms with E-state index >= 15 is 0 Å². The predicted octanol–water partition coefficient (Wildman–Crippen LogP) is 4.21. The van der Waals surface area contributed by atoms with Gasteiger partial charge in [0.05, 0.1) is 17.1 Å². The summed E-state index contributed by atoms with van der Waals surface area (Å²) in [5.41, 5.74) is 6.36. The third-order valence-corrected chi connectivity index (χ3v) is 5.47. The number of nitrogens with zero attached hydrogens (tertiary/aromatic N) is 2. The largest absolute Gasteiger partial charge is 0.444 e. The number of carbonyl (C=O) groups excluding carboxylic acids is 1. The van der Waals surface area contributed by atoms with Crippen LogP contribution in [0.2, 0.25) is 0 Å². The van der Waals surface area contributed by atoms with Gasteiger partial charge in [0.15, 0.2) is 0 Å². The number of amides is 1. The highest BCUT2D eigenvalue weighted by atomic mass is 19.1. The number of anilines is 3. The lowest BCUT2D eigenvalue weighted by atomic mass is 9.99. The summed E-state index contributed by atoms with van der Waals surface area (Å²) in [6.07, 6.45) is 5.36. The highest BCUT2D eigenvalue weighted by Crippen LogP contribution is 2.32. The normalized spacial score (nSPS) is 19.5. The molecular formula is C21H33FN4O2. The van der Waals surface area contributed by atoms with E-state index in [0.29, 0.717) is 17.4 Å². The highest BCUT2D eigenvalue weighted by molar-refractivity contribution is 5.90. The number of nitrogens with two attached hydrogens (primary N) is 1. The first-order valence-electron chi connectivity index (χ1n) is 10.3. The Bertz CT molecular complexity index is 690. The molecule has 3 N–H and O–H groups in total. The Kier molecular flexibility index (Phi) is 6.33. The molecule has 2 fully saturated rings. The molecule has 2 saturated heterocycles. The average Bonchev–Trinajstić information content (AvgIpc) is 2.63. The first kappa shape index (κ1) is 20.7. The van der Waals surface area contributed by atoms with Gasteiger partial charge in [-0.25, -0.2) is 9.18 Å². The van der Waals surface area contributed by atoms with Crippen molar-refractivity contribution in [3.63, 3.8) is 0 Å². The molecule has 156 valence electrons. The first-order valence-corrected chi connectivity index (χ1v) is 10.3. The minimum Gasteiger partial charge on any atom is -0.444 e. The number of hydrogen-bond donors (Lipinski definition) is 2. The van der Waals surface area contributed by atoms with Crippen molar-refractivity contribution in [2.24, 2.45) is 0 Å². The van der Waals surface area contributed by atoms with Crippen LogP contribution < -0.4 is 16.0 Å². The Balaban J connectivity index is 1.66. The van der Waals surface area contributed by atoms with Gasteiger partial charge in [-0.1, -0.05) is 6.42 Å². The van der Waals surface area contributed by atoms with E-state index in [9.17, 15) is 9.18 Å². The number of rotatable bonds is 3. The molecule has 0 bridgehead atoms. The van der Waals surface area contributed by atoms with Crippen molar-refractivity contribution in [1.29, 1.82) is 0 Å². The average molecular weight is 393 g/mol. The lowest BCUT2D eigenvalue weighted by Gasteiger charge is -2.41. The molecular weight excluding hydrogens is 359 g/mol. The minimum absolute atomic E-state index is 0.190. The van der Waals surface area contributed by atoms with E-state index in [0.717, 1.165) is 25.9 Å². The number of likely N-dealkylation sites (tertiary alicyclic amines) is 1. The number of nitrogens with one attached hydrogen (secondary N) is 1. The molecule has 1 aromatic carbocycles. The fraction of sp³-hybridized carbons (Fsp3) is 0.667. The standard InChI is InChI=1S/C21H33FN4O2/c1-21(2,3)28-20(27)24-18-14-19(16(22)13-17(18)23)26-11-7-15(8-12-26)25-9-5-4-6-10-25/h13-15H,4-12,23H2,1-3H3,(H,24,27). The molecule has 0 aromatic heterocycles. The van der Waals surface area contributed by atoms with Crippen LogP contribution in [0.5, 0.6) is 0 Å². The maximum atomic E-state index is 14.6. The number of benzene rings is 1. The fourth-order valence-corrected chi connectivity index (χ4v) is 4.10. The van der Waals surface area contributed by atoms with Gasteiger partial charge in [-0.3, -0.25) is 5.32 Å². The molecule has 2 aliphatic heterocycles. The van der Waals surface area contributed by atoms with E-state index in [4.69, 9.17) is 10.5 Å². The van der Waals surface area contributed by atoms with E-state index in [-0.39, 0.29) is 11.5 Å². The molecule has 3 rings (SSSR count). The van der Waals surface area contributed by atoms with Crippen LogP contribution in [-0.4, -0.2) is 48.8 Å². The molecule has 0 spiro atoms. The zero-order chi connectivity index (χ0) is 20.3. The van der Waals surface area contributed by atoms with E-state index in [2.05, 4.69) is 15.1 Å². The van der Waals surface area contributed by atoms with Crippen molar-refractivity contribution in [1.82, 2.24) is 4.90 Å².